The van der Waals surface area contributed by atoms with Crippen molar-refractivity contribution >= 4 is 11.6 Å². The lowest BCUT2D eigenvalue weighted by atomic mass is 10.1. The Hall–Kier alpha value is -4.13. The lowest BCUT2D eigenvalue weighted by Gasteiger charge is -2.11. The van der Waals surface area contributed by atoms with E-state index >= 15 is 0 Å². The van der Waals surface area contributed by atoms with E-state index in [0.29, 0.717) is 23.3 Å². The predicted octanol–water partition coefficient (Wildman–Crippen LogP) is 3.55. The molecule has 35 heavy (non-hydrogen) atoms. The van der Waals surface area contributed by atoms with Gasteiger partial charge in [0.25, 0.3) is 11.4 Å². The first-order chi connectivity index (χ1) is 16.4. The number of alkyl halides is 3. The Bertz CT molecular complexity index is 1430. The van der Waals surface area contributed by atoms with Gasteiger partial charge in [-0.15, -0.1) is 0 Å². The second-order valence-electron chi connectivity index (χ2n) is 7.68. The summed E-state index contributed by atoms with van der Waals surface area (Å²) in [5, 5.41) is 11.1. The van der Waals surface area contributed by atoms with Gasteiger partial charge in [0.05, 0.1) is 0 Å². The van der Waals surface area contributed by atoms with Crippen LogP contribution in [0.15, 0.2) is 52.0 Å². The van der Waals surface area contributed by atoms with Crippen LogP contribution < -0.4 is 5.56 Å². The number of carboxylic acid groups (broad SMARTS) is 1. The Balaban J connectivity index is 0.000000429. The number of aryl methyl sites for hydroxylation is 1. The van der Waals surface area contributed by atoms with Crippen molar-refractivity contribution in [2.24, 2.45) is 0 Å². The molecule has 184 valence electrons. The highest BCUT2D eigenvalue weighted by Gasteiger charge is 2.38. The van der Waals surface area contributed by atoms with Crippen molar-refractivity contribution in [1.29, 1.82) is 0 Å². The number of pyridine rings is 1. The molecule has 0 amide bonds. The van der Waals surface area contributed by atoms with Crippen molar-refractivity contribution in [2.75, 3.05) is 14.1 Å². The molecule has 0 aliphatic carbocycles. The third-order valence-electron chi connectivity index (χ3n) is 4.55. The topological polar surface area (TPSA) is 114 Å². The zero-order valence-electron chi connectivity index (χ0n) is 18.7. The summed E-state index contributed by atoms with van der Waals surface area (Å²) in [7, 11) is 3.72. The van der Waals surface area contributed by atoms with Crippen molar-refractivity contribution in [3.05, 3.63) is 70.0 Å². The number of fused-ring (bicyclic) bond motifs is 1. The minimum Gasteiger partial charge on any atom is -0.475 e. The van der Waals surface area contributed by atoms with Crippen LogP contribution in [0.5, 0.6) is 0 Å². The van der Waals surface area contributed by atoms with Crippen molar-refractivity contribution in [2.45, 2.75) is 19.6 Å². The highest BCUT2D eigenvalue weighted by atomic mass is 19.4. The van der Waals surface area contributed by atoms with E-state index < -0.39 is 12.1 Å². The van der Waals surface area contributed by atoms with Gasteiger partial charge in [0.15, 0.2) is 0 Å². The van der Waals surface area contributed by atoms with Crippen molar-refractivity contribution in [3.8, 4) is 22.8 Å². The summed E-state index contributed by atoms with van der Waals surface area (Å²) in [6, 6.07) is 8.27. The zero-order valence-corrected chi connectivity index (χ0v) is 18.7. The maximum absolute atomic E-state index is 14.0. The standard InChI is InChI=1S/C20H18FN5O2.C2HF3O2/c1-12-6-7-26-17(8-12)22-10-15(20(26)27)19-23-18(24-28-19)13-4-5-16(21)14(9-13)11-25(2)3;3-2(4,5)1(6)7/h4-10H,11H2,1-3H3;(H,6,7). The smallest absolute Gasteiger partial charge is 0.475 e. The molecule has 0 atom stereocenters. The molecule has 1 aromatic carbocycles. The van der Waals surface area contributed by atoms with Crippen molar-refractivity contribution in [3.63, 3.8) is 0 Å². The van der Waals surface area contributed by atoms with E-state index in [0.717, 1.165) is 5.56 Å². The second kappa shape index (κ2) is 10.0. The van der Waals surface area contributed by atoms with Crippen LogP contribution in [-0.4, -0.2) is 55.8 Å². The monoisotopic (exact) mass is 493 g/mol. The van der Waals surface area contributed by atoms with E-state index in [1.54, 1.807) is 18.3 Å². The normalized spacial score (nSPS) is 11.4. The quantitative estimate of drug-likeness (QED) is 0.430. The highest BCUT2D eigenvalue weighted by molar-refractivity contribution is 5.73. The number of nitrogens with zero attached hydrogens (tertiary/aromatic N) is 5. The minimum atomic E-state index is -5.08. The van der Waals surface area contributed by atoms with Gasteiger partial charge in [0, 0.05) is 30.1 Å². The zero-order chi connectivity index (χ0) is 25.9. The Labute approximate surface area is 195 Å². The summed E-state index contributed by atoms with van der Waals surface area (Å²) in [5.74, 6) is -2.70. The Morgan fingerprint density at radius 2 is 1.89 bits per heavy atom. The van der Waals surface area contributed by atoms with Gasteiger partial charge in [-0.2, -0.15) is 18.2 Å². The maximum atomic E-state index is 14.0. The molecule has 0 saturated heterocycles. The van der Waals surface area contributed by atoms with E-state index in [1.165, 1.54) is 16.7 Å². The SMILES string of the molecule is Cc1ccn2c(=O)c(-c3nc(-c4ccc(F)c(CN(C)C)c4)no3)cnc2c1.O=C(O)C(F)(F)F. The third-order valence-corrected chi connectivity index (χ3v) is 4.55. The van der Waals surface area contributed by atoms with Crippen LogP contribution >= 0.6 is 0 Å². The van der Waals surface area contributed by atoms with Gasteiger partial charge in [0.1, 0.15) is 17.0 Å². The Morgan fingerprint density at radius 3 is 2.51 bits per heavy atom. The molecule has 0 fully saturated rings. The van der Waals surface area contributed by atoms with E-state index in [1.807, 2.05) is 38.1 Å². The number of hydrogen-bond acceptors (Lipinski definition) is 7. The molecule has 4 rings (SSSR count). The maximum Gasteiger partial charge on any atom is 0.490 e. The number of rotatable bonds is 4. The van der Waals surface area contributed by atoms with Gasteiger partial charge in [-0.25, -0.2) is 14.2 Å². The predicted molar refractivity (Wildman–Crippen MR) is 116 cm³/mol. The summed E-state index contributed by atoms with van der Waals surface area (Å²) in [5.41, 5.74) is 2.59. The first-order valence-electron chi connectivity index (χ1n) is 9.92. The van der Waals surface area contributed by atoms with Gasteiger partial charge in [-0.3, -0.25) is 9.20 Å². The van der Waals surface area contributed by atoms with Crippen LogP contribution in [0.3, 0.4) is 0 Å². The lowest BCUT2D eigenvalue weighted by molar-refractivity contribution is -0.192. The molecule has 3 heterocycles. The van der Waals surface area contributed by atoms with Gasteiger partial charge >= 0.3 is 12.1 Å². The molecular formula is C22H19F4N5O4. The van der Waals surface area contributed by atoms with Gasteiger partial charge in [0.2, 0.25) is 5.82 Å². The molecule has 0 saturated carbocycles. The molecule has 0 spiro atoms. The first-order valence-corrected chi connectivity index (χ1v) is 9.92. The fourth-order valence-electron chi connectivity index (χ4n) is 2.95. The van der Waals surface area contributed by atoms with E-state index in [4.69, 9.17) is 14.4 Å². The van der Waals surface area contributed by atoms with Crippen LogP contribution in [0, 0.1) is 12.7 Å². The molecule has 0 aliphatic heterocycles. The summed E-state index contributed by atoms with van der Waals surface area (Å²) < 4.78 is 52.5. The fraction of sp³-hybridized carbons (Fsp3) is 0.227. The van der Waals surface area contributed by atoms with E-state index in [9.17, 15) is 22.4 Å². The first kappa shape index (κ1) is 25.5. The van der Waals surface area contributed by atoms with Gasteiger partial charge in [-0.1, -0.05) is 5.16 Å². The molecule has 0 radical (unpaired) electrons. The van der Waals surface area contributed by atoms with E-state index in [-0.39, 0.29) is 28.7 Å². The summed E-state index contributed by atoms with van der Waals surface area (Å²) in [4.78, 5) is 32.1. The Kier molecular flexibility index (Phi) is 7.29. The Morgan fingerprint density at radius 1 is 1.20 bits per heavy atom. The molecular weight excluding hydrogens is 474 g/mol. The number of halogens is 4. The molecule has 1 N–H and O–H groups in total. The van der Waals surface area contributed by atoms with E-state index in [2.05, 4.69) is 15.1 Å². The third kappa shape index (κ3) is 6.06. The van der Waals surface area contributed by atoms with Crippen LogP contribution in [0.4, 0.5) is 17.6 Å². The number of aliphatic carboxylic acids is 1. The number of carbonyl (C=O) groups is 1. The molecule has 0 aliphatic rings. The van der Waals surface area contributed by atoms with Crippen LogP contribution in [0.25, 0.3) is 28.5 Å². The number of aromatic nitrogens is 4. The van der Waals surface area contributed by atoms with Crippen LogP contribution in [0.1, 0.15) is 11.1 Å². The molecule has 4 aromatic rings. The van der Waals surface area contributed by atoms with Gasteiger partial charge in [-0.05, 0) is 56.9 Å². The minimum absolute atomic E-state index is 0.0703. The molecule has 9 nitrogen and oxygen atoms in total. The largest absolute Gasteiger partial charge is 0.490 e. The van der Waals surface area contributed by atoms with Crippen LogP contribution in [-0.2, 0) is 11.3 Å². The average molecular weight is 493 g/mol. The fourth-order valence-corrected chi connectivity index (χ4v) is 2.95. The van der Waals surface area contributed by atoms with Crippen LogP contribution in [0.2, 0.25) is 0 Å². The highest BCUT2D eigenvalue weighted by Crippen LogP contribution is 2.23. The second-order valence-corrected chi connectivity index (χ2v) is 7.68. The lowest BCUT2D eigenvalue weighted by Crippen LogP contribution is -2.21. The average Bonchev–Trinajstić information content (AvgIpc) is 3.25. The van der Waals surface area contributed by atoms with Crippen molar-refractivity contribution in [1.82, 2.24) is 24.4 Å². The summed E-state index contributed by atoms with van der Waals surface area (Å²) in [6.07, 6.45) is -2.00. The summed E-state index contributed by atoms with van der Waals surface area (Å²) in [6.45, 7) is 2.37. The van der Waals surface area contributed by atoms with Gasteiger partial charge < -0.3 is 14.5 Å². The molecule has 0 bridgehead atoms. The number of carboxylic acids is 1. The number of benzene rings is 1. The molecule has 3 aromatic heterocycles. The molecule has 13 heteroatoms. The molecule has 0 unspecified atom stereocenters. The summed E-state index contributed by atoms with van der Waals surface area (Å²) >= 11 is 0. The number of hydrogen-bond donors (Lipinski definition) is 1. The van der Waals surface area contributed by atoms with Crippen molar-refractivity contribution < 1.29 is 32.0 Å².